The van der Waals surface area contributed by atoms with Gasteiger partial charge in [-0.3, -0.25) is 0 Å². The zero-order valence-electron chi connectivity index (χ0n) is 7.98. The third-order valence-corrected chi connectivity index (χ3v) is 3.16. The molecule has 2 aliphatic carbocycles. The molecule has 0 aromatic carbocycles. The maximum absolute atomic E-state index is 11.8. The van der Waals surface area contributed by atoms with Crippen LogP contribution in [0, 0.1) is 11.3 Å². The van der Waals surface area contributed by atoms with Gasteiger partial charge in [0.1, 0.15) is 0 Å². The zero-order valence-corrected chi connectivity index (χ0v) is 6.98. The highest BCUT2D eigenvalue weighted by Crippen LogP contribution is 2.54. The molecule has 0 spiro atoms. The molecule has 70 valence electrons. The second-order valence-corrected chi connectivity index (χ2v) is 4.00. The lowest BCUT2D eigenvalue weighted by atomic mass is 9.85. The van der Waals surface area contributed by atoms with E-state index in [-0.39, 0.29) is 17.9 Å². The summed E-state index contributed by atoms with van der Waals surface area (Å²) in [5.41, 5.74) is -0.0851. The first-order valence-electron chi connectivity index (χ1n) is 4.94. The van der Waals surface area contributed by atoms with Crippen LogP contribution in [-0.4, -0.2) is 13.2 Å². The molecule has 0 aromatic heterocycles. The van der Waals surface area contributed by atoms with Crippen molar-refractivity contribution < 1.29 is 14.9 Å². The van der Waals surface area contributed by atoms with Crippen molar-refractivity contribution in [1.82, 2.24) is 0 Å². The van der Waals surface area contributed by atoms with Gasteiger partial charge in [0.15, 0.2) is 0 Å². The van der Waals surface area contributed by atoms with E-state index in [0.29, 0.717) is 0 Å². The largest absolute Gasteiger partial charge is 0.345 e. The maximum Gasteiger partial charge on any atom is 0.345 e. The molecule has 0 unspecified atom stereocenters. The monoisotopic (exact) mass is 177 g/mol. The third kappa shape index (κ3) is 1.47. The van der Waals surface area contributed by atoms with Crippen molar-refractivity contribution in [1.29, 1.82) is 0 Å². The van der Waals surface area contributed by atoms with E-state index in [9.17, 15) is 8.78 Å². The van der Waals surface area contributed by atoms with Crippen molar-refractivity contribution in [3.8, 4) is 0 Å². The van der Waals surface area contributed by atoms with Gasteiger partial charge in [0.25, 0.3) is 0 Å². The van der Waals surface area contributed by atoms with Crippen molar-refractivity contribution >= 4 is 0 Å². The fraction of sp³-hybridized carbons (Fsp3) is 1.00. The normalized spacial score (nSPS) is 47.1. The average molecular weight is 177 g/mol. The standard InChI is InChI=1S/C9H14F2O/c10-8(11)12-6-9-3-1-7(5-9)2-4-9/h7-8H,1-6H2/i7D. The van der Waals surface area contributed by atoms with Gasteiger partial charge in [-0.05, 0) is 43.4 Å². The van der Waals surface area contributed by atoms with Gasteiger partial charge in [0.05, 0.1) is 6.61 Å². The minimum absolute atomic E-state index is 0.0851. The summed E-state index contributed by atoms with van der Waals surface area (Å²) >= 11 is 0. The number of ether oxygens (including phenoxy) is 1. The lowest BCUT2D eigenvalue weighted by molar-refractivity contribution is -0.151. The molecule has 0 amide bonds. The molecule has 0 atom stereocenters. The predicted molar refractivity (Wildman–Crippen MR) is 41.0 cm³/mol. The van der Waals surface area contributed by atoms with Gasteiger partial charge in [0.2, 0.25) is 0 Å². The first kappa shape index (κ1) is 7.25. The van der Waals surface area contributed by atoms with Gasteiger partial charge < -0.3 is 4.74 Å². The fourth-order valence-electron chi connectivity index (χ4n) is 2.45. The molecule has 2 aliphatic rings. The van der Waals surface area contributed by atoms with Crippen LogP contribution in [0.25, 0.3) is 0 Å². The van der Waals surface area contributed by atoms with Crippen molar-refractivity contribution in [3.63, 3.8) is 0 Å². The van der Waals surface area contributed by atoms with E-state index in [0.717, 1.165) is 32.1 Å². The Balaban J connectivity index is 1.92. The molecule has 12 heavy (non-hydrogen) atoms. The van der Waals surface area contributed by atoms with Crippen molar-refractivity contribution in [2.45, 2.75) is 38.7 Å². The number of fused-ring (bicyclic) bond motifs is 2. The number of hydrogen-bond donors (Lipinski definition) is 0. The van der Waals surface area contributed by atoms with Gasteiger partial charge in [-0.2, -0.15) is 8.78 Å². The van der Waals surface area contributed by atoms with Gasteiger partial charge in [-0.25, -0.2) is 0 Å². The topological polar surface area (TPSA) is 9.23 Å². The van der Waals surface area contributed by atoms with Gasteiger partial charge in [0, 0.05) is 1.37 Å². The molecule has 3 heteroatoms. The van der Waals surface area contributed by atoms with Crippen LogP contribution in [0.2, 0.25) is 0 Å². The Morgan fingerprint density at radius 3 is 2.58 bits per heavy atom. The van der Waals surface area contributed by atoms with Gasteiger partial charge in [-0.15, -0.1) is 0 Å². The van der Waals surface area contributed by atoms with Crippen molar-refractivity contribution in [3.05, 3.63) is 0 Å². The van der Waals surface area contributed by atoms with E-state index in [4.69, 9.17) is 1.37 Å². The molecule has 0 N–H and O–H groups in total. The summed E-state index contributed by atoms with van der Waals surface area (Å²) in [6, 6.07) is 0. The Morgan fingerprint density at radius 1 is 1.50 bits per heavy atom. The van der Waals surface area contributed by atoms with Crippen LogP contribution in [0.5, 0.6) is 0 Å². The molecule has 2 fully saturated rings. The molecule has 2 bridgehead atoms. The molecule has 0 radical (unpaired) electrons. The third-order valence-electron chi connectivity index (χ3n) is 3.16. The number of hydrogen-bond acceptors (Lipinski definition) is 1. The molecular formula is C9H14F2O. The van der Waals surface area contributed by atoms with E-state index < -0.39 is 6.61 Å². The summed E-state index contributed by atoms with van der Waals surface area (Å²) in [5, 5.41) is 0. The Kier molecular flexibility index (Phi) is 1.78. The van der Waals surface area contributed by atoms with Crippen LogP contribution < -0.4 is 0 Å². The first-order valence-corrected chi connectivity index (χ1v) is 4.44. The van der Waals surface area contributed by atoms with Crippen molar-refractivity contribution in [2.75, 3.05) is 6.61 Å². The van der Waals surface area contributed by atoms with Gasteiger partial charge >= 0.3 is 6.61 Å². The minimum atomic E-state index is -2.66. The first-order chi connectivity index (χ1) is 6.04. The average Bonchev–Trinajstić information content (AvgIpc) is 2.55. The fourth-order valence-corrected chi connectivity index (χ4v) is 2.45. The van der Waals surface area contributed by atoms with Crippen LogP contribution in [0.1, 0.15) is 33.5 Å². The van der Waals surface area contributed by atoms with Crippen LogP contribution in [0.15, 0.2) is 0 Å². The molecule has 0 heterocycles. The summed E-state index contributed by atoms with van der Waals surface area (Å²) < 4.78 is 36.0. The van der Waals surface area contributed by atoms with Crippen molar-refractivity contribution in [2.24, 2.45) is 11.3 Å². The Bertz CT molecular complexity index is 200. The molecule has 0 saturated heterocycles. The minimum Gasteiger partial charge on any atom is -0.322 e. The number of halogens is 2. The Hall–Kier alpha value is -0.180. The summed E-state index contributed by atoms with van der Waals surface area (Å²) in [5.74, 6) is -0.314. The Morgan fingerprint density at radius 2 is 2.17 bits per heavy atom. The predicted octanol–water partition coefficient (Wildman–Crippen LogP) is 2.81. The number of rotatable bonds is 3. The van der Waals surface area contributed by atoms with E-state index in [2.05, 4.69) is 4.74 Å². The highest BCUT2D eigenvalue weighted by Gasteiger charge is 2.45. The SMILES string of the molecule is [2H]C12CCC(COC(F)F)(CC1)C2. The molecule has 1 nitrogen and oxygen atoms in total. The molecular weight excluding hydrogens is 162 g/mol. The zero-order chi connectivity index (χ0) is 9.53. The molecule has 0 aromatic rings. The van der Waals surface area contributed by atoms with Crippen LogP contribution in [0.4, 0.5) is 8.78 Å². The number of alkyl halides is 2. The summed E-state index contributed by atoms with van der Waals surface area (Å²) in [7, 11) is 0. The van der Waals surface area contributed by atoms with E-state index in [1.54, 1.807) is 0 Å². The lowest BCUT2D eigenvalue weighted by Gasteiger charge is -2.25. The van der Waals surface area contributed by atoms with E-state index in [1.807, 2.05) is 0 Å². The molecule has 0 aliphatic heterocycles. The van der Waals surface area contributed by atoms with Crippen LogP contribution in [0.3, 0.4) is 0 Å². The molecule has 2 rings (SSSR count). The van der Waals surface area contributed by atoms with Crippen LogP contribution >= 0.6 is 0 Å². The maximum atomic E-state index is 11.8. The van der Waals surface area contributed by atoms with Gasteiger partial charge in [-0.1, -0.05) is 0 Å². The molecule has 2 saturated carbocycles. The lowest BCUT2D eigenvalue weighted by Crippen LogP contribution is -2.22. The Labute approximate surface area is 72.5 Å². The highest BCUT2D eigenvalue weighted by molar-refractivity contribution is 4.95. The summed E-state index contributed by atoms with van der Waals surface area (Å²) in [6.45, 7) is -2.51. The second-order valence-electron chi connectivity index (χ2n) is 4.00. The quantitative estimate of drug-likeness (QED) is 0.644. The second kappa shape index (κ2) is 2.95. The van der Waals surface area contributed by atoms with Crippen LogP contribution in [-0.2, 0) is 4.74 Å². The summed E-state index contributed by atoms with van der Waals surface area (Å²) in [6.07, 6.45) is 4.26. The van der Waals surface area contributed by atoms with E-state index >= 15 is 0 Å². The van der Waals surface area contributed by atoms with E-state index in [1.165, 1.54) is 0 Å². The smallest absolute Gasteiger partial charge is 0.322 e. The summed E-state index contributed by atoms with van der Waals surface area (Å²) in [4.78, 5) is 0. The highest BCUT2D eigenvalue weighted by atomic mass is 19.3.